The average Bonchev–Trinajstić information content (AvgIpc) is 2.82. The molecule has 0 N–H and O–H groups in total. The minimum absolute atomic E-state index is 0.508. The Morgan fingerprint density at radius 1 is 0.867 bits per heavy atom. The van der Waals surface area contributed by atoms with Gasteiger partial charge in [0.1, 0.15) is 5.76 Å². The SMILES string of the molecule is CCc1ccc(C2=C(c3ccccc3)OC(OC)c3cc4ccccc4nc32)cc1. The van der Waals surface area contributed by atoms with Crippen molar-refractivity contribution >= 4 is 22.2 Å². The van der Waals surface area contributed by atoms with Crippen LogP contribution in [0.15, 0.2) is 84.9 Å². The molecule has 1 aliphatic rings. The van der Waals surface area contributed by atoms with Crippen molar-refractivity contribution in [3.8, 4) is 0 Å². The van der Waals surface area contributed by atoms with Crippen LogP contribution >= 0.6 is 0 Å². The third-order valence-electron chi connectivity index (χ3n) is 5.60. The van der Waals surface area contributed by atoms with Crippen molar-refractivity contribution in [3.63, 3.8) is 0 Å². The topological polar surface area (TPSA) is 31.4 Å². The van der Waals surface area contributed by atoms with Crippen LogP contribution in [0.2, 0.25) is 0 Å². The summed E-state index contributed by atoms with van der Waals surface area (Å²) in [6, 6.07) is 29.2. The number of fused-ring (bicyclic) bond motifs is 2. The van der Waals surface area contributed by atoms with Crippen molar-refractivity contribution in [2.45, 2.75) is 19.6 Å². The lowest BCUT2D eigenvalue weighted by molar-refractivity contribution is -0.0771. The number of benzene rings is 3. The van der Waals surface area contributed by atoms with E-state index in [9.17, 15) is 0 Å². The Labute approximate surface area is 176 Å². The van der Waals surface area contributed by atoms with Gasteiger partial charge in [0.15, 0.2) is 0 Å². The molecule has 2 heterocycles. The number of ether oxygens (including phenoxy) is 2. The Kier molecular flexibility index (Phi) is 4.82. The van der Waals surface area contributed by atoms with Gasteiger partial charge in [-0.1, -0.05) is 79.7 Å². The first kappa shape index (κ1) is 18.6. The van der Waals surface area contributed by atoms with Gasteiger partial charge in [-0.15, -0.1) is 0 Å². The average molecular weight is 393 g/mol. The van der Waals surface area contributed by atoms with E-state index < -0.39 is 6.29 Å². The van der Waals surface area contributed by atoms with E-state index >= 15 is 0 Å². The Balaban J connectivity index is 1.82. The monoisotopic (exact) mass is 393 g/mol. The Hall–Kier alpha value is -3.43. The van der Waals surface area contributed by atoms with E-state index in [1.807, 2.05) is 36.4 Å². The molecule has 3 nitrogen and oxygen atoms in total. The summed E-state index contributed by atoms with van der Waals surface area (Å²) in [5.74, 6) is 0.793. The molecule has 4 aromatic rings. The van der Waals surface area contributed by atoms with E-state index in [4.69, 9.17) is 14.5 Å². The maximum Gasteiger partial charge on any atom is 0.228 e. The molecule has 3 heteroatoms. The van der Waals surface area contributed by atoms with Gasteiger partial charge < -0.3 is 9.47 Å². The zero-order valence-electron chi connectivity index (χ0n) is 17.1. The van der Waals surface area contributed by atoms with E-state index in [1.54, 1.807) is 7.11 Å². The highest BCUT2D eigenvalue weighted by molar-refractivity contribution is 5.98. The molecule has 0 saturated heterocycles. The third kappa shape index (κ3) is 3.17. The van der Waals surface area contributed by atoms with Crippen molar-refractivity contribution in [3.05, 3.63) is 113 Å². The largest absolute Gasteiger partial charge is 0.459 e. The van der Waals surface area contributed by atoms with Crippen LogP contribution in [-0.2, 0) is 15.9 Å². The first-order valence-electron chi connectivity index (χ1n) is 10.3. The van der Waals surface area contributed by atoms with Gasteiger partial charge in [-0.25, -0.2) is 4.98 Å². The van der Waals surface area contributed by atoms with Crippen LogP contribution in [0.4, 0.5) is 0 Å². The number of aryl methyl sites for hydroxylation is 1. The summed E-state index contributed by atoms with van der Waals surface area (Å²) >= 11 is 0. The highest BCUT2D eigenvalue weighted by atomic mass is 16.7. The first-order chi connectivity index (χ1) is 14.8. The smallest absolute Gasteiger partial charge is 0.228 e. The molecular weight excluding hydrogens is 370 g/mol. The van der Waals surface area contributed by atoms with Crippen molar-refractivity contribution < 1.29 is 9.47 Å². The molecule has 1 atom stereocenters. The summed E-state index contributed by atoms with van der Waals surface area (Å²) in [5, 5.41) is 1.07. The highest BCUT2D eigenvalue weighted by Crippen LogP contribution is 2.44. The molecule has 0 amide bonds. The van der Waals surface area contributed by atoms with Crippen LogP contribution in [-0.4, -0.2) is 12.1 Å². The van der Waals surface area contributed by atoms with Gasteiger partial charge in [0.25, 0.3) is 0 Å². The molecular formula is C27H23NO2. The van der Waals surface area contributed by atoms with Gasteiger partial charge in [0.05, 0.1) is 16.8 Å². The van der Waals surface area contributed by atoms with Gasteiger partial charge in [0, 0.05) is 23.6 Å². The second-order valence-corrected chi connectivity index (χ2v) is 7.43. The van der Waals surface area contributed by atoms with Crippen LogP contribution in [0.3, 0.4) is 0 Å². The van der Waals surface area contributed by atoms with Crippen LogP contribution in [0.1, 0.15) is 41.2 Å². The van der Waals surface area contributed by atoms with E-state index in [0.29, 0.717) is 0 Å². The van der Waals surface area contributed by atoms with Crippen LogP contribution in [0.5, 0.6) is 0 Å². The van der Waals surface area contributed by atoms with Crippen LogP contribution in [0.25, 0.3) is 22.2 Å². The fourth-order valence-corrected chi connectivity index (χ4v) is 4.00. The lowest BCUT2D eigenvalue weighted by Gasteiger charge is -2.30. The standard InChI is InChI=1S/C27H23NO2/c1-3-18-13-15-19(16-14-18)24-25-22(17-21-11-7-8-12-23(21)28-25)27(29-2)30-26(24)20-9-5-4-6-10-20/h4-17,27H,3H2,1-2H3. The zero-order valence-corrected chi connectivity index (χ0v) is 17.1. The van der Waals surface area contributed by atoms with Gasteiger partial charge >= 0.3 is 0 Å². The second-order valence-electron chi connectivity index (χ2n) is 7.43. The minimum atomic E-state index is -0.508. The molecule has 0 aliphatic carbocycles. The zero-order chi connectivity index (χ0) is 20.5. The molecule has 0 bridgehead atoms. The summed E-state index contributed by atoms with van der Waals surface area (Å²) in [5.41, 5.74) is 7.22. The molecule has 1 aliphatic heterocycles. The Morgan fingerprint density at radius 2 is 1.60 bits per heavy atom. The predicted molar refractivity (Wildman–Crippen MR) is 121 cm³/mol. The fraction of sp³-hybridized carbons (Fsp3) is 0.148. The molecule has 3 aromatic carbocycles. The molecule has 30 heavy (non-hydrogen) atoms. The van der Waals surface area contributed by atoms with Crippen molar-refractivity contribution in [2.75, 3.05) is 7.11 Å². The number of methoxy groups -OCH3 is 1. The van der Waals surface area contributed by atoms with E-state index in [1.165, 1.54) is 5.56 Å². The molecule has 0 saturated carbocycles. The third-order valence-corrected chi connectivity index (χ3v) is 5.60. The summed E-state index contributed by atoms with van der Waals surface area (Å²) in [7, 11) is 1.67. The fourth-order valence-electron chi connectivity index (χ4n) is 4.00. The number of aromatic nitrogens is 1. The van der Waals surface area contributed by atoms with Crippen molar-refractivity contribution in [2.24, 2.45) is 0 Å². The van der Waals surface area contributed by atoms with Gasteiger partial charge in [-0.05, 0) is 29.7 Å². The first-order valence-corrected chi connectivity index (χ1v) is 10.3. The van der Waals surface area contributed by atoms with E-state index in [2.05, 4.69) is 55.5 Å². The van der Waals surface area contributed by atoms with Gasteiger partial charge in [-0.3, -0.25) is 0 Å². The molecule has 0 fully saturated rings. The number of nitrogens with zero attached hydrogens (tertiary/aromatic N) is 1. The lowest BCUT2D eigenvalue weighted by atomic mass is 9.91. The highest BCUT2D eigenvalue weighted by Gasteiger charge is 2.31. The molecule has 0 spiro atoms. The summed E-state index contributed by atoms with van der Waals surface area (Å²) in [4.78, 5) is 5.07. The maximum atomic E-state index is 6.44. The number of rotatable bonds is 4. The van der Waals surface area contributed by atoms with Crippen LogP contribution in [0, 0.1) is 0 Å². The Bertz CT molecular complexity index is 1230. The van der Waals surface area contributed by atoms with E-state index in [0.717, 1.165) is 51.0 Å². The van der Waals surface area contributed by atoms with Crippen molar-refractivity contribution in [1.29, 1.82) is 0 Å². The van der Waals surface area contributed by atoms with Crippen molar-refractivity contribution in [1.82, 2.24) is 4.98 Å². The summed E-state index contributed by atoms with van der Waals surface area (Å²) in [6.45, 7) is 2.17. The number of pyridine rings is 1. The predicted octanol–water partition coefficient (Wildman–Crippen LogP) is 6.39. The molecule has 1 aromatic heterocycles. The summed E-state index contributed by atoms with van der Waals surface area (Å²) < 4.78 is 12.2. The molecule has 1 unspecified atom stereocenters. The number of hydrogen-bond donors (Lipinski definition) is 0. The van der Waals surface area contributed by atoms with Gasteiger partial charge in [0.2, 0.25) is 6.29 Å². The molecule has 0 radical (unpaired) electrons. The normalized spacial score (nSPS) is 15.7. The van der Waals surface area contributed by atoms with Crippen LogP contribution < -0.4 is 0 Å². The number of hydrogen-bond acceptors (Lipinski definition) is 3. The molecule has 148 valence electrons. The quantitative estimate of drug-likeness (QED) is 0.403. The molecule has 5 rings (SSSR count). The number of para-hydroxylation sites is 1. The second kappa shape index (κ2) is 7.77. The minimum Gasteiger partial charge on any atom is -0.459 e. The maximum absolute atomic E-state index is 6.44. The Morgan fingerprint density at radius 3 is 2.33 bits per heavy atom. The lowest BCUT2D eigenvalue weighted by Crippen LogP contribution is -2.17. The van der Waals surface area contributed by atoms with E-state index in [-0.39, 0.29) is 0 Å². The van der Waals surface area contributed by atoms with Gasteiger partial charge in [-0.2, -0.15) is 0 Å². The summed E-state index contributed by atoms with van der Waals surface area (Å²) in [6.07, 6.45) is 0.498.